The van der Waals surface area contributed by atoms with Gasteiger partial charge in [0.15, 0.2) is 0 Å². The summed E-state index contributed by atoms with van der Waals surface area (Å²) in [6.07, 6.45) is 2.15. The number of hydrogen-bond acceptors (Lipinski definition) is 1. The Morgan fingerprint density at radius 3 is 2.54 bits per heavy atom. The third kappa shape index (κ3) is 2.95. The van der Waals surface area contributed by atoms with E-state index in [4.69, 9.17) is 11.6 Å². The van der Waals surface area contributed by atoms with Gasteiger partial charge in [0, 0.05) is 46.7 Å². The second-order valence-corrected chi connectivity index (χ2v) is 8.24. The maximum Gasteiger partial charge on any atom is 0.0487 e. The molecule has 1 aliphatic rings. The van der Waals surface area contributed by atoms with Crippen LogP contribution in [0.5, 0.6) is 0 Å². The second-order valence-electron chi connectivity index (χ2n) is 7.80. The van der Waals surface area contributed by atoms with Crippen LogP contribution in [-0.4, -0.2) is 22.6 Å². The van der Waals surface area contributed by atoms with Crippen LogP contribution in [0.2, 0.25) is 5.02 Å². The Morgan fingerprint density at radius 2 is 1.81 bits per heavy atom. The highest BCUT2D eigenvalue weighted by Crippen LogP contribution is 2.40. The van der Waals surface area contributed by atoms with Gasteiger partial charge in [-0.2, -0.15) is 0 Å². The summed E-state index contributed by atoms with van der Waals surface area (Å²) in [5.41, 5.74) is 6.99. The SMILES string of the molecule is Cc1ccc(CCn2c3c(c4cc(Cl)ccc42)C(C)N(C)C(C)C3)cc1. The molecule has 4 rings (SSSR count). The van der Waals surface area contributed by atoms with E-state index in [-0.39, 0.29) is 0 Å². The molecule has 0 spiro atoms. The van der Waals surface area contributed by atoms with Crippen molar-refractivity contribution in [2.75, 3.05) is 7.05 Å². The maximum atomic E-state index is 6.35. The summed E-state index contributed by atoms with van der Waals surface area (Å²) in [6.45, 7) is 7.80. The molecule has 26 heavy (non-hydrogen) atoms. The van der Waals surface area contributed by atoms with Gasteiger partial charge < -0.3 is 4.57 Å². The Kier molecular flexibility index (Phi) is 4.58. The second kappa shape index (κ2) is 6.75. The number of halogens is 1. The van der Waals surface area contributed by atoms with E-state index in [0.29, 0.717) is 12.1 Å². The van der Waals surface area contributed by atoms with Crippen LogP contribution in [0.1, 0.15) is 42.3 Å². The summed E-state index contributed by atoms with van der Waals surface area (Å²) in [6, 6.07) is 16.3. The van der Waals surface area contributed by atoms with Gasteiger partial charge in [-0.05, 0) is 63.6 Å². The van der Waals surface area contributed by atoms with Crippen LogP contribution in [0.3, 0.4) is 0 Å². The molecule has 0 fully saturated rings. The first-order valence-corrected chi connectivity index (χ1v) is 9.91. The first-order chi connectivity index (χ1) is 12.5. The van der Waals surface area contributed by atoms with Gasteiger partial charge >= 0.3 is 0 Å². The number of aryl methyl sites for hydroxylation is 3. The first kappa shape index (κ1) is 17.6. The fourth-order valence-electron chi connectivity index (χ4n) is 4.35. The van der Waals surface area contributed by atoms with E-state index in [1.165, 1.54) is 33.3 Å². The van der Waals surface area contributed by atoms with Gasteiger partial charge in [0.25, 0.3) is 0 Å². The standard InChI is InChI=1S/C23H27ClN2/c1-15-5-7-18(8-6-15)11-12-26-21-10-9-19(24)14-20(21)23-17(3)25(4)16(2)13-22(23)26/h5-10,14,16-17H,11-13H2,1-4H3. The molecule has 0 saturated heterocycles. The van der Waals surface area contributed by atoms with Crippen molar-refractivity contribution >= 4 is 22.5 Å². The highest BCUT2D eigenvalue weighted by molar-refractivity contribution is 6.31. The molecule has 1 aromatic heterocycles. The molecule has 0 amide bonds. The Bertz CT molecular complexity index is 939. The van der Waals surface area contributed by atoms with Crippen molar-refractivity contribution in [2.45, 2.75) is 52.2 Å². The minimum atomic E-state index is 0.412. The first-order valence-electron chi connectivity index (χ1n) is 9.53. The third-order valence-electron chi connectivity index (χ3n) is 6.13. The topological polar surface area (TPSA) is 8.17 Å². The van der Waals surface area contributed by atoms with Gasteiger partial charge in [0.1, 0.15) is 0 Å². The molecule has 2 aromatic carbocycles. The van der Waals surface area contributed by atoms with E-state index >= 15 is 0 Å². The van der Waals surface area contributed by atoms with Crippen LogP contribution in [0.25, 0.3) is 10.9 Å². The molecule has 2 heterocycles. The van der Waals surface area contributed by atoms with Gasteiger partial charge in [-0.1, -0.05) is 41.4 Å². The summed E-state index contributed by atoms with van der Waals surface area (Å²) < 4.78 is 2.54. The minimum absolute atomic E-state index is 0.412. The minimum Gasteiger partial charge on any atom is -0.344 e. The van der Waals surface area contributed by atoms with E-state index in [1.807, 2.05) is 6.07 Å². The molecular formula is C23H27ClN2. The summed E-state index contributed by atoms with van der Waals surface area (Å²) in [4.78, 5) is 2.48. The number of aromatic nitrogens is 1. The molecular weight excluding hydrogens is 340 g/mol. The monoisotopic (exact) mass is 366 g/mol. The lowest BCUT2D eigenvalue weighted by Crippen LogP contribution is -2.38. The van der Waals surface area contributed by atoms with Crippen molar-refractivity contribution in [3.8, 4) is 0 Å². The molecule has 136 valence electrons. The molecule has 2 nitrogen and oxygen atoms in total. The maximum absolute atomic E-state index is 6.35. The Labute approximate surface area is 161 Å². The van der Waals surface area contributed by atoms with E-state index in [1.54, 1.807) is 0 Å². The molecule has 0 N–H and O–H groups in total. The van der Waals surface area contributed by atoms with Crippen molar-refractivity contribution in [3.05, 3.63) is 69.9 Å². The summed E-state index contributed by atoms with van der Waals surface area (Å²) >= 11 is 6.35. The molecule has 2 atom stereocenters. The molecule has 0 aliphatic carbocycles. The average molecular weight is 367 g/mol. The van der Waals surface area contributed by atoms with Crippen LogP contribution in [0.15, 0.2) is 42.5 Å². The molecule has 0 radical (unpaired) electrons. The molecule has 3 heteroatoms. The summed E-state index contributed by atoms with van der Waals surface area (Å²) in [5.74, 6) is 0. The van der Waals surface area contributed by atoms with Crippen molar-refractivity contribution in [2.24, 2.45) is 0 Å². The highest BCUT2D eigenvalue weighted by atomic mass is 35.5. The lowest BCUT2D eigenvalue weighted by Gasteiger charge is -2.37. The van der Waals surface area contributed by atoms with Crippen molar-refractivity contribution in [3.63, 3.8) is 0 Å². The zero-order valence-corrected chi connectivity index (χ0v) is 16.8. The van der Waals surface area contributed by atoms with Crippen LogP contribution in [-0.2, 0) is 19.4 Å². The average Bonchev–Trinajstić information content (AvgIpc) is 2.92. The van der Waals surface area contributed by atoms with Crippen LogP contribution in [0, 0.1) is 6.92 Å². The highest BCUT2D eigenvalue weighted by Gasteiger charge is 2.31. The Balaban J connectivity index is 1.79. The van der Waals surface area contributed by atoms with E-state index in [9.17, 15) is 0 Å². The fraction of sp³-hybridized carbons (Fsp3) is 0.391. The molecule has 3 aromatic rings. The predicted molar refractivity (Wildman–Crippen MR) is 111 cm³/mol. The Hall–Kier alpha value is -1.77. The zero-order valence-electron chi connectivity index (χ0n) is 16.1. The quantitative estimate of drug-likeness (QED) is 0.570. The third-order valence-corrected chi connectivity index (χ3v) is 6.37. The van der Waals surface area contributed by atoms with Gasteiger partial charge in [0.2, 0.25) is 0 Å². The van der Waals surface area contributed by atoms with Crippen LogP contribution >= 0.6 is 11.6 Å². The molecule has 0 saturated carbocycles. The predicted octanol–water partition coefficient (Wildman–Crippen LogP) is 5.78. The number of rotatable bonds is 3. The van der Waals surface area contributed by atoms with Crippen molar-refractivity contribution in [1.82, 2.24) is 9.47 Å². The van der Waals surface area contributed by atoms with Crippen LogP contribution in [0.4, 0.5) is 0 Å². The number of benzene rings is 2. The normalized spacial score (nSPS) is 20.5. The van der Waals surface area contributed by atoms with Crippen molar-refractivity contribution in [1.29, 1.82) is 0 Å². The van der Waals surface area contributed by atoms with Gasteiger partial charge in [-0.25, -0.2) is 0 Å². The summed E-state index contributed by atoms with van der Waals surface area (Å²) in [5, 5.41) is 2.15. The van der Waals surface area contributed by atoms with Gasteiger partial charge in [0.05, 0.1) is 0 Å². The van der Waals surface area contributed by atoms with Gasteiger partial charge in [-0.3, -0.25) is 4.90 Å². The summed E-state index contributed by atoms with van der Waals surface area (Å²) in [7, 11) is 2.23. The zero-order chi connectivity index (χ0) is 18.4. The lowest BCUT2D eigenvalue weighted by molar-refractivity contribution is 0.177. The lowest BCUT2D eigenvalue weighted by atomic mass is 9.93. The van der Waals surface area contributed by atoms with E-state index in [2.05, 4.69) is 73.7 Å². The smallest absolute Gasteiger partial charge is 0.0487 e. The number of hydrogen-bond donors (Lipinski definition) is 0. The molecule has 0 bridgehead atoms. The van der Waals surface area contributed by atoms with Crippen LogP contribution < -0.4 is 0 Å². The number of fused-ring (bicyclic) bond motifs is 3. The van der Waals surface area contributed by atoms with E-state index in [0.717, 1.165) is 24.4 Å². The van der Waals surface area contributed by atoms with Crippen molar-refractivity contribution < 1.29 is 0 Å². The van der Waals surface area contributed by atoms with Gasteiger partial charge in [-0.15, -0.1) is 0 Å². The number of likely N-dealkylation sites (N-methyl/N-ethyl adjacent to an activating group) is 1. The largest absolute Gasteiger partial charge is 0.344 e. The number of nitrogens with zero attached hydrogens (tertiary/aromatic N) is 2. The molecule has 2 unspecified atom stereocenters. The molecule has 1 aliphatic heterocycles. The van der Waals surface area contributed by atoms with E-state index < -0.39 is 0 Å². The fourth-order valence-corrected chi connectivity index (χ4v) is 4.52. The Morgan fingerprint density at radius 1 is 1.08 bits per heavy atom.